The maximum absolute atomic E-state index is 11.2. The van der Waals surface area contributed by atoms with Gasteiger partial charge in [0.25, 0.3) is 0 Å². The van der Waals surface area contributed by atoms with Crippen LogP contribution in [0.15, 0.2) is 16.9 Å². The SMILES string of the molecule is CC(C)(O)CNC1CCCc2[nH]c(=O)ccc21. The molecule has 0 bridgehead atoms. The number of hydrogen-bond donors (Lipinski definition) is 3. The minimum absolute atomic E-state index is 0.0353. The summed E-state index contributed by atoms with van der Waals surface area (Å²) in [4.78, 5) is 14.1. The molecule has 0 fully saturated rings. The van der Waals surface area contributed by atoms with E-state index in [1.165, 1.54) is 5.56 Å². The van der Waals surface area contributed by atoms with Gasteiger partial charge in [0.15, 0.2) is 0 Å². The van der Waals surface area contributed by atoms with Crippen LogP contribution in [0.25, 0.3) is 0 Å². The molecule has 1 aliphatic rings. The summed E-state index contributed by atoms with van der Waals surface area (Å²) in [5.74, 6) is 0. The van der Waals surface area contributed by atoms with Gasteiger partial charge in [0, 0.05) is 24.3 Å². The van der Waals surface area contributed by atoms with E-state index in [0.29, 0.717) is 6.54 Å². The summed E-state index contributed by atoms with van der Waals surface area (Å²) in [5, 5.41) is 13.1. The summed E-state index contributed by atoms with van der Waals surface area (Å²) in [5.41, 5.74) is 1.46. The second-order valence-electron chi connectivity index (χ2n) is 5.39. The Bertz CT molecular complexity index is 445. The van der Waals surface area contributed by atoms with Gasteiger partial charge in [0.2, 0.25) is 5.56 Å². The summed E-state index contributed by atoms with van der Waals surface area (Å²) in [7, 11) is 0. The molecule has 1 unspecified atom stereocenters. The fourth-order valence-corrected chi connectivity index (χ4v) is 2.29. The van der Waals surface area contributed by atoms with Crippen molar-refractivity contribution < 1.29 is 5.11 Å². The first kappa shape index (κ1) is 12.3. The average Bonchev–Trinajstić information content (AvgIpc) is 2.24. The second-order valence-corrected chi connectivity index (χ2v) is 5.39. The van der Waals surface area contributed by atoms with Crippen LogP contribution in [-0.4, -0.2) is 22.2 Å². The van der Waals surface area contributed by atoms with Crippen LogP contribution >= 0.6 is 0 Å². The molecule has 0 radical (unpaired) electrons. The Morgan fingerprint density at radius 3 is 3.00 bits per heavy atom. The molecule has 1 atom stereocenters. The molecule has 94 valence electrons. The van der Waals surface area contributed by atoms with Crippen LogP contribution < -0.4 is 10.9 Å². The van der Waals surface area contributed by atoms with Gasteiger partial charge in [-0.3, -0.25) is 4.79 Å². The van der Waals surface area contributed by atoms with Crippen molar-refractivity contribution in [1.29, 1.82) is 0 Å². The highest BCUT2D eigenvalue weighted by Gasteiger charge is 2.22. The van der Waals surface area contributed by atoms with Gasteiger partial charge in [-0.05, 0) is 38.7 Å². The second kappa shape index (κ2) is 4.63. The Balaban J connectivity index is 2.15. The normalized spacial score (nSPS) is 20.1. The number of hydrogen-bond acceptors (Lipinski definition) is 3. The third kappa shape index (κ3) is 3.17. The number of aromatic nitrogens is 1. The number of rotatable bonds is 3. The molecule has 2 rings (SSSR count). The summed E-state index contributed by atoms with van der Waals surface area (Å²) in [6.45, 7) is 4.13. The van der Waals surface area contributed by atoms with Gasteiger partial charge >= 0.3 is 0 Å². The third-order valence-corrected chi connectivity index (χ3v) is 3.11. The molecule has 4 nitrogen and oxygen atoms in total. The molecule has 1 aromatic heterocycles. The van der Waals surface area contributed by atoms with E-state index in [1.54, 1.807) is 19.9 Å². The summed E-state index contributed by atoms with van der Waals surface area (Å²) < 4.78 is 0. The van der Waals surface area contributed by atoms with Gasteiger partial charge < -0.3 is 15.4 Å². The Morgan fingerprint density at radius 2 is 2.29 bits per heavy atom. The van der Waals surface area contributed by atoms with Crippen molar-refractivity contribution in [2.24, 2.45) is 0 Å². The maximum atomic E-state index is 11.2. The highest BCUT2D eigenvalue weighted by atomic mass is 16.3. The van der Waals surface area contributed by atoms with E-state index < -0.39 is 5.60 Å². The standard InChI is InChI=1S/C13H20N2O2/c1-13(2,17)8-14-10-4-3-5-11-9(10)6-7-12(16)15-11/h6-7,10,14,17H,3-5,8H2,1-2H3,(H,15,16). The van der Waals surface area contributed by atoms with Gasteiger partial charge in [-0.25, -0.2) is 0 Å². The molecule has 1 aliphatic carbocycles. The Kier molecular flexibility index (Phi) is 3.35. The molecule has 4 heteroatoms. The first-order valence-corrected chi connectivity index (χ1v) is 6.13. The van der Waals surface area contributed by atoms with Crippen molar-refractivity contribution in [3.8, 4) is 0 Å². The number of H-pyrrole nitrogens is 1. The largest absolute Gasteiger partial charge is 0.389 e. The zero-order chi connectivity index (χ0) is 12.5. The number of aryl methyl sites for hydroxylation is 1. The van der Waals surface area contributed by atoms with E-state index in [1.807, 2.05) is 6.07 Å². The fourth-order valence-electron chi connectivity index (χ4n) is 2.29. The molecule has 1 aromatic rings. The van der Waals surface area contributed by atoms with E-state index in [-0.39, 0.29) is 11.6 Å². The van der Waals surface area contributed by atoms with Gasteiger partial charge in [0.05, 0.1) is 5.60 Å². The minimum atomic E-state index is -0.709. The lowest BCUT2D eigenvalue weighted by molar-refractivity contribution is 0.0755. The van der Waals surface area contributed by atoms with E-state index >= 15 is 0 Å². The third-order valence-electron chi connectivity index (χ3n) is 3.11. The Hall–Kier alpha value is -1.13. The number of aliphatic hydroxyl groups is 1. The lowest BCUT2D eigenvalue weighted by Gasteiger charge is -2.28. The number of fused-ring (bicyclic) bond motifs is 1. The zero-order valence-electron chi connectivity index (χ0n) is 10.4. The first-order chi connectivity index (χ1) is 7.96. The molecule has 0 spiro atoms. The first-order valence-electron chi connectivity index (χ1n) is 6.13. The molecule has 1 heterocycles. The van der Waals surface area contributed by atoms with Crippen molar-refractivity contribution in [3.63, 3.8) is 0 Å². The van der Waals surface area contributed by atoms with Gasteiger partial charge in [-0.1, -0.05) is 6.07 Å². The van der Waals surface area contributed by atoms with Gasteiger partial charge in [-0.2, -0.15) is 0 Å². The van der Waals surface area contributed by atoms with Crippen LogP contribution in [0, 0.1) is 0 Å². The Morgan fingerprint density at radius 1 is 1.53 bits per heavy atom. The van der Waals surface area contributed by atoms with Crippen LogP contribution in [-0.2, 0) is 6.42 Å². The topological polar surface area (TPSA) is 65.1 Å². The minimum Gasteiger partial charge on any atom is -0.389 e. The molecule has 3 N–H and O–H groups in total. The lowest BCUT2D eigenvalue weighted by atomic mass is 9.91. The zero-order valence-corrected chi connectivity index (χ0v) is 10.4. The Labute approximate surface area is 101 Å². The highest BCUT2D eigenvalue weighted by molar-refractivity contribution is 5.26. The van der Waals surface area contributed by atoms with Crippen molar-refractivity contribution in [3.05, 3.63) is 33.7 Å². The van der Waals surface area contributed by atoms with Crippen LogP contribution in [0.3, 0.4) is 0 Å². The number of pyridine rings is 1. The molecule has 0 aromatic carbocycles. The summed E-state index contributed by atoms with van der Waals surface area (Å²) in [6, 6.07) is 3.71. The van der Waals surface area contributed by atoms with Crippen LogP contribution in [0.5, 0.6) is 0 Å². The quantitative estimate of drug-likeness (QED) is 0.736. The molecule has 0 aliphatic heterocycles. The van der Waals surface area contributed by atoms with E-state index in [2.05, 4.69) is 10.3 Å². The highest BCUT2D eigenvalue weighted by Crippen LogP contribution is 2.27. The van der Waals surface area contributed by atoms with Crippen molar-refractivity contribution >= 4 is 0 Å². The monoisotopic (exact) mass is 236 g/mol. The van der Waals surface area contributed by atoms with Crippen molar-refractivity contribution in [1.82, 2.24) is 10.3 Å². The number of nitrogens with one attached hydrogen (secondary N) is 2. The molecule has 0 saturated heterocycles. The van der Waals surface area contributed by atoms with E-state index in [4.69, 9.17) is 0 Å². The maximum Gasteiger partial charge on any atom is 0.248 e. The predicted molar refractivity (Wildman–Crippen MR) is 67.0 cm³/mol. The number of aromatic amines is 1. The van der Waals surface area contributed by atoms with Crippen LogP contribution in [0.1, 0.15) is 44.0 Å². The van der Waals surface area contributed by atoms with Crippen LogP contribution in [0.2, 0.25) is 0 Å². The molecular weight excluding hydrogens is 216 g/mol. The summed E-state index contributed by atoms with van der Waals surface area (Å²) in [6.07, 6.45) is 3.05. The van der Waals surface area contributed by atoms with E-state index in [0.717, 1.165) is 25.0 Å². The molecule has 0 saturated carbocycles. The van der Waals surface area contributed by atoms with Gasteiger partial charge in [0.1, 0.15) is 0 Å². The lowest BCUT2D eigenvalue weighted by Crippen LogP contribution is -2.38. The van der Waals surface area contributed by atoms with Crippen molar-refractivity contribution in [2.75, 3.05) is 6.54 Å². The smallest absolute Gasteiger partial charge is 0.248 e. The summed E-state index contributed by atoms with van der Waals surface area (Å²) >= 11 is 0. The van der Waals surface area contributed by atoms with Gasteiger partial charge in [-0.15, -0.1) is 0 Å². The van der Waals surface area contributed by atoms with E-state index in [9.17, 15) is 9.90 Å². The molecular formula is C13H20N2O2. The predicted octanol–water partition coefficient (Wildman–Crippen LogP) is 1.11. The van der Waals surface area contributed by atoms with Crippen LogP contribution in [0.4, 0.5) is 0 Å². The average molecular weight is 236 g/mol. The molecule has 0 amide bonds. The molecule has 17 heavy (non-hydrogen) atoms. The fraction of sp³-hybridized carbons (Fsp3) is 0.615. The van der Waals surface area contributed by atoms with Crippen molar-refractivity contribution in [2.45, 2.75) is 44.8 Å².